The van der Waals surface area contributed by atoms with E-state index in [0.717, 1.165) is 19.4 Å². The molecule has 0 bridgehead atoms. The molecule has 18 heavy (non-hydrogen) atoms. The largest absolute Gasteiger partial charge is 0.480 e. The van der Waals surface area contributed by atoms with E-state index in [2.05, 4.69) is 5.32 Å². The van der Waals surface area contributed by atoms with Crippen LogP contribution in [-0.2, 0) is 11.2 Å². The van der Waals surface area contributed by atoms with Gasteiger partial charge in [-0.15, -0.1) is 0 Å². The molecule has 0 spiro atoms. The number of hydrogen-bond donors (Lipinski definition) is 2. The third-order valence-electron chi connectivity index (χ3n) is 3.68. The highest BCUT2D eigenvalue weighted by atomic mass is 19.1. The first kappa shape index (κ1) is 13.0. The van der Waals surface area contributed by atoms with E-state index in [-0.39, 0.29) is 5.82 Å². The van der Waals surface area contributed by atoms with Crippen molar-refractivity contribution >= 4 is 5.97 Å². The molecule has 3 nitrogen and oxygen atoms in total. The molecule has 1 aliphatic rings. The minimum Gasteiger partial charge on any atom is -0.480 e. The van der Waals surface area contributed by atoms with Crippen LogP contribution < -0.4 is 5.32 Å². The Morgan fingerprint density at radius 1 is 1.39 bits per heavy atom. The number of aryl methyl sites for hydroxylation is 1. The van der Waals surface area contributed by atoms with Gasteiger partial charge in [-0.25, -0.2) is 4.39 Å². The van der Waals surface area contributed by atoms with Crippen LogP contribution in [0.3, 0.4) is 0 Å². The van der Waals surface area contributed by atoms with Crippen LogP contribution in [0.4, 0.5) is 4.39 Å². The number of aliphatic carboxylic acids is 1. The summed E-state index contributed by atoms with van der Waals surface area (Å²) in [5, 5.41) is 12.5. The molecule has 1 atom stereocenters. The van der Waals surface area contributed by atoms with Crippen LogP contribution in [0.15, 0.2) is 24.3 Å². The highest BCUT2D eigenvalue weighted by Gasteiger charge is 2.38. The topological polar surface area (TPSA) is 49.3 Å². The van der Waals surface area contributed by atoms with Crippen molar-refractivity contribution in [1.82, 2.24) is 5.32 Å². The lowest BCUT2D eigenvalue weighted by Gasteiger charge is -2.34. The van der Waals surface area contributed by atoms with Crippen molar-refractivity contribution in [3.05, 3.63) is 35.6 Å². The van der Waals surface area contributed by atoms with E-state index >= 15 is 0 Å². The molecule has 1 aromatic carbocycles. The Hall–Kier alpha value is -1.42. The molecule has 1 unspecified atom stereocenters. The molecule has 1 aromatic rings. The van der Waals surface area contributed by atoms with E-state index in [0.29, 0.717) is 24.8 Å². The van der Waals surface area contributed by atoms with Crippen LogP contribution in [0, 0.1) is 5.82 Å². The molecule has 0 amide bonds. The molecule has 0 aromatic heterocycles. The average Bonchev–Trinajstić information content (AvgIpc) is 2.39. The number of rotatable bonds is 4. The molecule has 98 valence electrons. The van der Waals surface area contributed by atoms with Crippen molar-refractivity contribution in [2.24, 2.45) is 0 Å². The van der Waals surface area contributed by atoms with Gasteiger partial charge in [0.2, 0.25) is 0 Å². The van der Waals surface area contributed by atoms with Gasteiger partial charge in [0.05, 0.1) is 0 Å². The zero-order valence-electron chi connectivity index (χ0n) is 10.3. The van der Waals surface area contributed by atoms with Crippen LogP contribution in [0.1, 0.15) is 31.2 Å². The third-order valence-corrected chi connectivity index (χ3v) is 3.68. The minimum absolute atomic E-state index is 0.256. The SMILES string of the molecule is O=C(O)C1(CCc2ccccc2F)CCCCN1. The van der Waals surface area contributed by atoms with E-state index in [1.807, 2.05) is 0 Å². The molecular formula is C14H18FNO2. The van der Waals surface area contributed by atoms with Crippen molar-refractivity contribution in [2.45, 2.75) is 37.6 Å². The first-order valence-corrected chi connectivity index (χ1v) is 6.36. The van der Waals surface area contributed by atoms with Crippen molar-refractivity contribution < 1.29 is 14.3 Å². The summed E-state index contributed by atoms with van der Waals surface area (Å²) in [5.74, 6) is -1.08. The quantitative estimate of drug-likeness (QED) is 0.863. The summed E-state index contributed by atoms with van der Waals surface area (Å²) in [7, 11) is 0. The van der Waals surface area contributed by atoms with Gasteiger partial charge in [-0.2, -0.15) is 0 Å². The fourth-order valence-electron chi connectivity index (χ4n) is 2.52. The molecule has 1 saturated heterocycles. The molecule has 1 fully saturated rings. The number of nitrogens with one attached hydrogen (secondary N) is 1. The van der Waals surface area contributed by atoms with Crippen molar-refractivity contribution in [1.29, 1.82) is 0 Å². The highest BCUT2D eigenvalue weighted by molar-refractivity contribution is 5.79. The summed E-state index contributed by atoms with van der Waals surface area (Å²) >= 11 is 0. The van der Waals surface area contributed by atoms with E-state index in [9.17, 15) is 14.3 Å². The van der Waals surface area contributed by atoms with Crippen LogP contribution in [-0.4, -0.2) is 23.2 Å². The Bertz CT molecular complexity index is 428. The summed E-state index contributed by atoms with van der Waals surface area (Å²) in [6, 6.07) is 6.55. The van der Waals surface area contributed by atoms with Gasteiger partial charge < -0.3 is 10.4 Å². The van der Waals surface area contributed by atoms with Crippen molar-refractivity contribution in [3.63, 3.8) is 0 Å². The van der Waals surface area contributed by atoms with Gasteiger partial charge in [-0.1, -0.05) is 18.2 Å². The number of halogens is 1. The number of carbonyl (C=O) groups is 1. The minimum atomic E-state index is -0.874. The zero-order valence-corrected chi connectivity index (χ0v) is 10.3. The van der Waals surface area contributed by atoms with E-state index < -0.39 is 11.5 Å². The molecule has 0 aliphatic carbocycles. The normalized spacial score (nSPS) is 23.8. The summed E-state index contributed by atoms with van der Waals surface area (Å²) < 4.78 is 13.5. The van der Waals surface area contributed by atoms with Crippen LogP contribution in [0.25, 0.3) is 0 Å². The molecule has 1 aliphatic heterocycles. The third kappa shape index (κ3) is 2.70. The molecule has 4 heteroatoms. The number of carboxylic acids is 1. The fraction of sp³-hybridized carbons (Fsp3) is 0.500. The second-order valence-electron chi connectivity index (χ2n) is 4.86. The van der Waals surface area contributed by atoms with E-state index in [4.69, 9.17) is 0 Å². The highest BCUT2D eigenvalue weighted by Crippen LogP contribution is 2.25. The maximum atomic E-state index is 13.5. The maximum absolute atomic E-state index is 13.5. The number of piperidine rings is 1. The van der Waals surface area contributed by atoms with Crippen LogP contribution in [0.2, 0.25) is 0 Å². The molecule has 0 radical (unpaired) electrons. The summed E-state index contributed by atoms with van der Waals surface area (Å²) in [6.45, 7) is 0.726. The smallest absolute Gasteiger partial charge is 0.323 e. The monoisotopic (exact) mass is 251 g/mol. The lowest BCUT2D eigenvalue weighted by atomic mass is 9.83. The first-order chi connectivity index (χ1) is 8.64. The lowest BCUT2D eigenvalue weighted by molar-refractivity contribution is -0.146. The molecular weight excluding hydrogens is 233 g/mol. The number of hydrogen-bond acceptors (Lipinski definition) is 2. The Morgan fingerprint density at radius 3 is 2.78 bits per heavy atom. The predicted molar refractivity (Wildman–Crippen MR) is 66.9 cm³/mol. The molecule has 0 saturated carbocycles. The zero-order chi connectivity index (χ0) is 13.0. The molecule has 1 heterocycles. The molecule has 2 N–H and O–H groups in total. The lowest BCUT2D eigenvalue weighted by Crippen LogP contribution is -2.55. The standard InChI is InChI=1S/C14H18FNO2/c15-12-6-2-1-5-11(12)7-9-14(13(17)18)8-3-4-10-16-14/h1-2,5-6,16H,3-4,7-10H2,(H,17,18). The summed E-state index contributed by atoms with van der Waals surface area (Å²) in [6.07, 6.45) is 3.43. The first-order valence-electron chi connectivity index (χ1n) is 6.36. The average molecular weight is 251 g/mol. The predicted octanol–water partition coefficient (Wildman–Crippen LogP) is 2.36. The maximum Gasteiger partial charge on any atom is 0.323 e. The fourth-order valence-corrected chi connectivity index (χ4v) is 2.52. The second-order valence-corrected chi connectivity index (χ2v) is 4.86. The summed E-state index contributed by atoms with van der Waals surface area (Å²) in [5.41, 5.74) is -0.286. The van der Waals surface area contributed by atoms with Gasteiger partial charge in [-0.3, -0.25) is 4.79 Å². The number of carboxylic acid groups (broad SMARTS) is 1. The van der Waals surface area contributed by atoms with E-state index in [1.165, 1.54) is 6.07 Å². The Labute approximate surface area is 106 Å². The van der Waals surface area contributed by atoms with Gasteiger partial charge >= 0.3 is 5.97 Å². The van der Waals surface area contributed by atoms with Crippen molar-refractivity contribution in [3.8, 4) is 0 Å². The van der Waals surface area contributed by atoms with Crippen LogP contribution >= 0.6 is 0 Å². The Kier molecular flexibility index (Phi) is 3.97. The Balaban J connectivity index is 2.06. The van der Waals surface area contributed by atoms with Gasteiger partial charge in [0.25, 0.3) is 0 Å². The molecule has 2 rings (SSSR count). The van der Waals surface area contributed by atoms with E-state index in [1.54, 1.807) is 18.2 Å². The van der Waals surface area contributed by atoms with Gasteiger partial charge in [0.15, 0.2) is 0 Å². The number of benzene rings is 1. The van der Waals surface area contributed by atoms with Gasteiger partial charge in [0.1, 0.15) is 11.4 Å². The van der Waals surface area contributed by atoms with Gasteiger partial charge in [-0.05, 0) is 50.3 Å². The Morgan fingerprint density at radius 2 is 2.17 bits per heavy atom. The summed E-state index contributed by atoms with van der Waals surface area (Å²) in [4.78, 5) is 11.4. The van der Waals surface area contributed by atoms with Crippen molar-refractivity contribution in [2.75, 3.05) is 6.54 Å². The second kappa shape index (κ2) is 5.48. The van der Waals surface area contributed by atoms with Crippen LogP contribution in [0.5, 0.6) is 0 Å². The van der Waals surface area contributed by atoms with Gasteiger partial charge in [0, 0.05) is 0 Å².